The number of hydrogen-bond donors (Lipinski definition) is 0. The lowest BCUT2D eigenvalue weighted by Gasteiger charge is -2.48. The first-order valence-electron chi connectivity index (χ1n) is 27.6. The van der Waals surface area contributed by atoms with E-state index < -0.39 is 0 Å². The van der Waals surface area contributed by atoms with Crippen LogP contribution in [0.25, 0.3) is 10.1 Å². The van der Waals surface area contributed by atoms with Crippen molar-refractivity contribution in [2.75, 3.05) is 9.80 Å². The van der Waals surface area contributed by atoms with Crippen molar-refractivity contribution in [2.24, 2.45) is 0 Å². The molecule has 0 radical (unpaired) electrons. The van der Waals surface area contributed by atoms with Crippen LogP contribution in [0.4, 0.5) is 34.1 Å². The van der Waals surface area contributed by atoms with Gasteiger partial charge in [0.15, 0.2) is 0 Å². The summed E-state index contributed by atoms with van der Waals surface area (Å²) >= 11 is 2.11. The molecule has 0 atom stereocenters. The lowest BCUT2D eigenvalue weighted by atomic mass is 9.35. The van der Waals surface area contributed by atoms with E-state index in [4.69, 9.17) is 0 Å². The molecule has 3 heterocycles. The Hall–Kier alpha value is -4.28. The van der Waals surface area contributed by atoms with Gasteiger partial charge in [-0.1, -0.05) is 147 Å². The van der Waals surface area contributed by atoms with Crippen LogP contribution in [-0.2, 0) is 37.9 Å². The molecule has 0 spiro atoms. The predicted octanol–water partition coefficient (Wildman–Crippen LogP) is 17.4. The van der Waals surface area contributed by atoms with Gasteiger partial charge < -0.3 is 9.80 Å². The molecule has 2 nitrogen and oxygen atoms in total. The Morgan fingerprint density at radius 3 is 1.54 bits per heavy atom. The summed E-state index contributed by atoms with van der Waals surface area (Å²) in [6.45, 7) is 37.2. The zero-order valence-electron chi connectivity index (χ0n) is 45.7. The highest BCUT2D eigenvalue weighted by molar-refractivity contribution is 7.33. The lowest BCUT2D eigenvalue weighted by molar-refractivity contribution is 0.332. The van der Waals surface area contributed by atoms with E-state index >= 15 is 0 Å². The molecule has 5 aromatic carbocycles. The smallest absolute Gasteiger partial charge is 0.264 e. The van der Waals surface area contributed by atoms with E-state index in [0.29, 0.717) is 5.92 Å². The Morgan fingerprint density at radius 2 is 0.971 bits per heavy atom. The van der Waals surface area contributed by atoms with Gasteiger partial charge in [-0.15, -0.1) is 11.3 Å². The summed E-state index contributed by atoms with van der Waals surface area (Å²) in [6.07, 6.45) is 13.8. The number of fused-ring (bicyclic) bond motifs is 9. The largest absolute Gasteiger partial charge is 0.311 e. The fraction of sp³-hybridized carbons (Fsp3) is 0.515. The Morgan fingerprint density at radius 1 is 0.486 bits per heavy atom. The average molecular weight is 945 g/mol. The summed E-state index contributed by atoms with van der Waals surface area (Å²) < 4.78 is 2.95. The minimum absolute atomic E-state index is 0.0631. The standard InChI is InChI=1S/C66H81BN2S/c1-60(2,3)42-21-23-43(24-22-42)69-55-34-41(40-19-17-16-18-20-40)33-54-57(55)67(59-58(69)45-36-48-51(39-56(45)70-59)66(14,15)32-29-63(48,8)9)52-37-49-50(65(12,13)31-30-64(49,10)11)38-53(52)68(54)44-25-26-46-47(35-44)62(6,7)28-27-61(46,4)5/h21-26,33-40H,16-20,27-32H2,1-15H3. The van der Waals surface area contributed by atoms with Crippen LogP contribution in [-0.4, -0.2) is 6.71 Å². The zero-order valence-corrected chi connectivity index (χ0v) is 46.6. The molecule has 2 aliphatic heterocycles. The topological polar surface area (TPSA) is 6.48 Å². The van der Waals surface area contributed by atoms with Gasteiger partial charge in [-0.05, 0) is 205 Å². The Kier molecular flexibility index (Phi) is 10.1. The minimum atomic E-state index is 0.0631. The molecule has 6 aliphatic rings. The monoisotopic (exact) mass is 945 g/mol. The molecule has 4 aliphatic carbocycles. The lowest BCUT2D eigenvalue weighted by Crippen LogP contribution is -2.61. The van der Waals surface area contributed by atoms with Crippen LogP contribution in [0, 0.1) is 0 Å². The quantitative estimate of drug-likeness (QED) is 0.163. The molecule has 6 aromatic rings. The molecule has 1 fully saturated rings. The Bertz CT molecular complexity index is 3140. The van der Waals surface area contributed by atoms with Crippen molar-refractivity contribution in [1.29, 1.82) is 0 Å². The van der Waals surface area contributed by atoms with Crippen molar-refractivity contribution in [3.05, 3.63) is 123 Å². The molecule has 364 valence electrons. The fourth-order valence-electron chi connectivity index (χ4n) is 14.7. The summed E-state index contributed by atoms with van der Waals surface area (Å²) in [5.74, 6) is 0.546. The normalized spacial score (nSPS) is 22.1. The van der Waals surface area contributed by atoms with Crippen molar-refractivity contribution >= 4 is 78.0 Å². The predicted molar refractivity (Wildman–Crippen MR) is 306 cm³/mol. The Balaban J connectivity index is 1.23. The van der Waals surface area contributed by atoms with Crippen LogP contribution in [0.2, 0.25) is 0 Å². The van der Waals surface area contributed by atoms with Crippen molar-refractivity contribution in [1.82, 2.24) is 0 Å². The van der Waals surface area contributed by atoms with Crippen molar-refractivity contribution in [3.8, 4) is 0 Å². The van der Waals surface area contributed by atoms with Gasteiger partial charge in [0, 0.05) is 43.3 Å². The molecule has 0 bridgehead atoms. The fourth-order valence-corrected chi connectivity index (χ4v) is 16.0. The molecule has 0 N–H and O–H groups in total. The first kappa shape index (κ1) is 46.8. The highest BCUT2D eigenvalue weighted by Gasteiger charge is 2.49. The third-order valence-corrected chi connectivity index (χ3v) is 21.0. The molecular formula is C66H81BN2S. The van der Waals surface area contributed by atoms with E-state index in [9.17, 15) is 0 Å². The molecule has 1 saturated carbocycles. The van der Waals surface area contributed by atoms with E-state index in [1.165, 1.54) is 153 Å². The maximum absolute atomic E-state index is 2.80. The highest BCUT2D eigenvalue weighted by atomic mass is 32.1. The van der Waals surface area contributed by atoms with E-state index in [1.807, 2.05) is 0 Å². The summed E-state index contributed by atoms with van der Waals surface area (Å²) in [7, 11) is 0. The number of nitrogens with zero attached hydrogens (tertiary/aromatic N) is 2. The van der Waals surface area contributed by atoms with Gasteiger partial charge in [0.2, 0.25) is 0 Å². The van der Waals surface area contributed by atoms with E-state index in [-0.39, 0.29) is 44.6 Å². The first-order valence-corrected chi connectivity index (χ1v) is 28.4. The summed E-state index contributed by atoms with van der Waals surface area (Å²) in [5.41, 5.74) is 24.1. The van der Waals surface area contributed by atoms with Gasteiger partial charge >= 0.3 is 0 Å². The molecule has 0 saturated heterocycles. The number of anilines is 6. The number of rotatable bonds is 3. The van der Waals surface area contributed by atoms with Gasteiger partial charge in [-0.3, -0.25) is 0 Å². The minimum Gasteiger partial charge on any atom is -0.311 e. The van der Waals surface area contributed by atoms with E-state index in [2.05, 4.69) is 204 Å². The van der Waals surface area contributed by atoms with Gasteiger partial charge in [0.25, 0.3) is 6.71 Å². The van der Waals surface area contributed by atoms with Crippen LogP contribution in [0.3, 0.4) is 0 Å². The number of benzene rings is 5. The summed E-state index contributed by atoms with van der Waals surface area (Å²) in [4.78, 5) is 5.58. The second-order valence-corrected chi connectivity index (χ2v) is 29.5. The summed E-state index contributed by atoms with van der Waals surface area (Å²) in [6, 6.07) is 33.8. The van der Waals surface area contributed by atoms with Crippen molar-refractivity contribution < 1.29 is 0 Å². The maximum atomic E-state index is 2.80. The third kappa shape index (κ3) is 6.97. The van der Waals surface area contributed by atoms with Crippen LogP contribution >= 0.6 is 11.3 Å². The number of thiophene rings is 1. The third-order valence-electron chi connectivity index (χ3n) is 19.8. The van der Waals surface area contributed by atoms with Crippen LogP contribution in [0.1, 0.15) is 225 Å². The van der Waals surface area contributed by atoms with Gasteiger partial charge in [-0.2, -0.15) is 0 Å². The molecule has 0 unspecified atom stereocenters. The van der Waals surface area contributed by atoms with Crippen LogP contribution in [0.15, 0.2) is 78.9 Å². The second-order valence-electron chi connectivity index (χ2n) is 28.4. The molecular weight excluding hydrogens is 864 g/mol. The SMILES string of the molecule is CC(C)(C)c1ccc(N2c3cc(C4CCCCC4)cc4c3B(c3cc5c(cc3N4c3ccc4c(c3)C(C)(C)CCC4(C)C)C(C)(C)CCC5(C)C)c3sc4cc5c(cc4c32)C(C)(C)CCC5(C)C)cc1. The second kappa shape index (κ2) is 15.1. The van der Waals surface area contributed by atoms with Crippen molar-refractivity contribution in [3.63, 3.8) is 0 Å². The van der Waals surface area contributed by atoms with Crippen LogP contribution in [0.5, 0.6) is 0 Å². The average Bonchev–Trinajstić information content (AvgIpc) is 3.68. The van der Waals surface area contributed by atoms with Gasteiger partial charge in [-0.25, -0.2) is 0 Å². The van der Waals surface area contributed by atoms with Crippen molar-refractivity contribution in [2.45, 2.75) is 218 Å². The maximum Gasteiger partial charge on any atom is 0.264 e. The highest BCUT2D eigenvalue weighted by Crippen LogP contribution is 2.56. The number of hydrogen-bond acceptors (Lipinski definition) is 3. The molecule has 1 aromatic heterocycles. The van der Waals surface area contributed by atoms with Gasteiger partial charge in [0.1, 0.15) is 0 Å². The Labute approximate surface area is 427 Å². The van der Waals surface area contributed by atoms with Crippen LogP contribution < -0.4 is 25.5 Å². The molecule has 70 heavy (non-hydrogen) atoms. The molecule has 12 rings (SSSR count). The van der Waals surface area contributed by atoms with Gasteiger partial charge in [0.05, 0.1) is 5.69 Å². The molecule has 0 amide bonds. The first-order chi connectivity index (χ1) is 32.8. The zero-order chi connectivity index (χ0) is 49.5. The molecule has 4 heteroatoms. The van der Waals surface area contributed by atoms with E-state index in [0.717, 1.165) is 0 Å². The summed E-state index contributed by atoms with van der Waals surface area (Å²) in [5, 5.41) is 1.43. The van der Waals surface area contributed by atoms with E-state index in [1.54, 1.807) is 22.3 Å².